The summed E-state index contributed by atoms with van der Waals surface area (Å²) in [7, 11) is 1.22. The van der Waals surface area contributed by atoms with Gasteiger partial charge in [0.05, 0.1) is 7.11 Å². The largest absolute Gasteiger partial charge is 0.505 e. The molecule has 0 aliphatic carbocycles. The Morgan fingerprint density at radius 3 is 2.46 bits per heavy atom. The number of nitrogens with one attached hydrogen (secondary N) is 1. The van der Waals surface area contributed by atoms with Gasteiger partial charge in [0.1, 0.15) is 18.0 Å². The molecule has 0 saturated carbocycles. The van der Waals surface area contributed by atoms with Crippen LogP contribution in [-0.2, 0) is 9.53 Å². The second kappa shape index (κ2) is 8.14. The molecule has 8 heteroatoms. The number of aryl methyl sites for hydroxylation is 1. The minimum absolute atomic E-state index is 0.166. The summed E-state index contributed by atoms with van der Waals surface area (Å²) >= 11 is 5.87. The number of benzene rings is 2. The van der Waals surface area contributed by atoms with Crippen molar-refractivity contribution in [1.82, 2.24) is 10.3 Å². The summed E-state index contributed by atoms with van der Waals surface area (Å²) in [6.07, 6.45) is 0. The zero-order valence-corrected chi connectivity index (χ0v) is 15.9. The second-order valence-corrected chi connectivity index (χ2v) is 6.35. The van der Waals surface area contributed by atoms with Gasteiger partial charge in [0.15, 0.2) is 11.4 Å². The van der Waals surface area contributed by atoms with E-state index in [2.05, 4.69) is 15.0 Å². The third-order valence-electron chi connectivity index (χ3n) is 4.03. The smallest absolute Gasteiger partial charge is 0.325 e. The molecule has 144 valence electrons. The first-order chi connectivity index (χ1) is 13.4. The molecule has 0 aliphatic heterocycles. The molecule has 1 heterocycles. The molecule has 7 nitrogen and oxygen atoms in total. The van der Waals surface area contributed by atoms with Crippen LogP contribution in [0.15, 0.2) is 42.5 Å². The Kier molecular flexibility index (Phi) is 5.65. The van der Waals surface area contributed by atoms with Crippen molar-refractivity contribution >= 4 is 34.2 Å². The molecule has 0 saturated heterocycles. The lowest BCUT2D eigenvalue weighted by Crippen LogP contribution is -2.30. The molecular weight excluding hydrogens is 384 g/mol. The monoisotopic (exact) mass is 400 g/mol. The molecule has 0 fully saturated rings. The van der Waals surface area contributed by atoms with Crippen molar-refractivity contribution in [3.05, 3.63) is 58.9 Å². The normalized spacial score (nSPS) is 10.5. The lowest BCUT2D eigenvalue weighted by molar-refractivity contribution is -0.139. The van der Waals surface area contributed by atoms with Crippen molar-refractivity contribution in [2.75, 3.05) is 13.7 Å². The van der Waals surface area contributed by atoms with Gasteiger partial charge >= 0.3 is 5.97 Å². The van der Waals surface area contributed by atoms with Gasteiger partial charge in [-0.05, 0) is 49.4 Å². The third-order valence-corrected chi connectivity index (χ3v) is 4.28. The molecule has 28 heavy (non-hydrogen) atoms. The van der Waals surface area contributed by atoms with Crippen LogP contribution in [0.5, 0.6) is 17.2 Å². The number of fused-ring (bicyclic) bond motifs is 1. The predicted octanol–water partition coefficient (Wildman–Crippen LogP) is 3.60. The summed E-state index contributed by atoms with van der Waals surface area (Å²) in [4.78, 5) is 27.6. The molecule has 3 aromatic rings. The van der Waals surface area contributed by atoms with Crippen LogP contribution in [0.1, 0.15) is 16.2 Å². The summed E-state index contributed by atoms with van der Waals surface area (Å²) < 4.78 is 10.3. The number of amides is 1. The number of halogens is 1. The van der Waals surface area contributed by atoms with Gasteiger partial charge in [0, 0.05) is 21.5 Å². The number of ether oxygens (including phenoxy) is 2. The van der Waals surface area contributed by atoms with Crippen molar-refractivity contribution in [3.8, 4) is 17.2 Å². The Morgan fingerprint density at radius 2 is 1.79 bits per heavy atom. The molecule has 0 bridgehead atoms. The van der Waals surface area contributed by atoms with Crippen LogP contribution in [-0.4, -0.2) is 35.6 Å². The van der Waals surface area contributed by atoms with E-state index in [9.17, 15) is 14.7 Å². The van der Waals surface area contributed by atoms with E-state index in [1.165, 1.54) is 7.11 Å². The predicted molar refractivity (Wildman–Crippen MR) is 104 cm³/mol. The number of pyridine rings is 1. The van der Waals surface area contributed by atoms with E-state index in [0.29, 0.717) is 33.0 Å². The second-order valence-electron chi connectivity index (χ2n) is 5.92. The summed E-state index contributed by atoms with van der Waals surface area (Å²) in [5, 5.41) is 14.5. The van der Waals surface area contributed by atoms with E-state index in [1.54, 1.807) is 49.4 Å². The van der Waals surface area contributed by atoms with E-state index < -0.39 is 11.9 Å². The Labute approximate surface area is 165 Å². The Morgan fingerprint density at radius 1 is 1.11 bits per heavy atom. The molecule has 3 rings (SSSR count). The van der Waals surface area contributed by atoms with Gasteiger partial charge in [-0.2, -0.15) is 0 Å². The van der Waals surface area contributed by atoms with Gasteiger partial charge < -0.3 is 19.9 Å². The molecule has 0 aliphatic rings. The molecule has 0 spiro atoms. The number of carbonyl (C=O) groups excluding carboxylic acids is 2. The number of hydrogen-bond donors (Lipinski definition) is 2. The van der Waals surface area contributed by atoms with Crippen LogP contribution in [0.3, 0.4) is 0 Å². The maximum Gasteiger partial charge on any atom is 0.325 e. The molecule has 0 unspecified atom stereocenters. The summed E-state index contributed by atoms with van der Waals surface area (Å²) in [5.41, 5.74) is 0.359. The lowest BCUT2D eigenvalue weighted by atomic mass is 10.1. The maximum atomic E-state index is 12.2. The van der Waals surface area contributed by atoms with Crippen LogP contribution in [0, 0.1) is 6.92 Å². The van der Waals surface area contributed by atoms with Gasteiger partial charge in [-0.3, -0.25) is 9.59 Å². The highest BCUT2D eigenvalue weighted by molar-refractivity contribution is 6.30. The van der Waals surface area contributed by atoms with Crippen molar-refractivity contribution in [3.63, 3.8) is 0 Å². The minimum Gasteiger partial charge on any atom is -0.505 e. The fraction of sp³-hybridized carbons (Fsp3) is 0.150. The number of aromatic hydroxyl groups is 1. The molecule has 1 amide bonds. The van der Waals surface area contributed by atoms with E-state index in [-0.39, 0.29) is 18.0 Å². The number of esters is 1. The van der Waals surface area contributed by atoms with Crippen molar-refractivity contribution < 1.29 is 24.2 Å². The first-order valence-corrected chi connectivity index (χ1v) is 8.68. The van der Waals surface area contributed by atoms with E-state index in [0.717, 1.165) is 0 Å². The fourth-order valence-electron chi connectivity index (χ4n) is 2.61. The number of hydrogen-bond acceptors (Lipinski definition) is 6. The third kappa shape index (κ3) is 4.15. The highest BCUT2D eigenvalue weighted by Crippen LogP contribution is 2.33. The molecule has 1 aromatic heterocycles. The van der Waals surface area contributed by atoms with Crippen LogP contribution in [0.4, 0.5) is 0 Å². The number of nitrogens with zero attached hydrogens (tertiary/aromatic N) is 1. The van der Waals surface area contributed by atoms with E-state index >= 15 is 0 Å². The Bertz CT molecular complexity index is 1050. The van der Waals surface area contributed by atoms with Crippen LogP contribution >= 0.6 is 11.6 Å². The van der Waals surface area contributed by atoms with Gasteiger partial charge in [0.2, 0.25) is 0 Å². The maximum absolute atomic E-state index is 12.2. The van der Waals surface area contributed by atoms with Crippen molar-refractivity contribution in [2.24, 2.45) is 0 Å². The highest BCUT2D eigenvalue weighted by atomic mass is 35.5. The topological polar surface area (TPSA) is 97.8 Å². The van der Waals surface area contributed by atoms with Gasteiger partial charge in [-0.15, -0.1) is 0 Å². The standard InChI is InChI=1S/C20H17ClN2O5/c1-11-16-9-14(28-13-5-3-12(21)4-6-13)7-8-15(16)19(25)18(23-11)20(26)22-10-17(24)27-2/h3-9,25H,10H2,1-2H3,(H,22,26). The molecule has 0 atom stereocenters. The Hall–Kier alpha value is -3.32. The molecular formula is C20H17ClN2O5. The number of rotatable bonds is 5. The lowest BCUT2D eigenvalue weighted by Gasteiger charge is -2.12. The number of methoxy groups -OCH3 is 1. The van der Waals surface area contributed by atoms with Crippen molar-refractivity contribution in [2.45, 2.75) is 6.92 Å². The number of carbonyl (C=O) groups is 2. The van der Waals surface area contributed by atoms with Gasteiger partial charge in [-0.25, -0.2) is 4.98 Å². The fourth-order valence-corrected chi connectivity index (χ4v) is 2.73. The SMILES string of the molecule is COC(=O)CNC(=O)c1nc(C)c2cc(Oc3ccc(Cl)cc3)ccc2c1O. The molecule has 0 radical (unpaired) electrons. The molecule has 2 N–H and O–H groups in total. The highest BCUT2D eigenvalue weighted by Gasteiger charge is 2.19. The van der Waals surface area contributed by atoms with Crippen LogP contribution < -0.4 is 10.1 Å². The molecule has 2 aromatic carbocycles. The van der Waals surface area contributed by atoms with Crippen LogP contribution in [0.25, 0.3) is 10.8 Å². The average molecular weight is 401 g/mol. The van der Waals surface area contributed by atoms with Gasteiger partial charge in [-0.1, -0.05) is 11.6 Å². The Balaban J connectivity index is 1.90. The van der Waals surface area contributed by atoms with Gasteiger partial charge in [0.25, 0.3) is 5.91 Å². The van der Waals surface area contributed by atoms with E-state index in [4.69, 9.17) is 16.3 Å². The zero-order valence-electron chi connectivity index (χ0n) is 15.2. The first kappa shape index (κ1) is 19.4. The summed E-state index contributed by atoms with van der Waals surface area (Å²) in [6, 6.07) is 12.0. The van der Waals surface area contributed by atoms with Crippen molar-refractivity contribution in [1.29, 1.82) is 0 Å². The number of aromatic nitrogens is 1. The quantitative estimate of drug-likeness (QED) is 0.635. The van der Waals surface area contributed by atoms with E-state index in [1.807, 2.05) is 0 Å². The average Bonchev–Trinajstić information content (AvgIpc) is 2.70. The minimum atomic E-state index is -0.672. The summed E-state index contributed by atoms with van der Waals surface area (Å²) in [6.45, 7) is 1.40. The van der Waals surface area contributed by atoms with Crippen LogP contribution in [0.2, 0.25) is 5.02 Å². The summed E-state index contributed by atoms with van der Waals surface area (Å²) in [5.74, 6) is -0.399. The zero-order chi connectivity index (χ0) is 20.3. The first-order valence-electron chi connectivity index (χ1n) is 8.31.